The monoisotopic (exact) mass is 248 g/mol. The van der Waals surface area contributed by atoms with Gasteiger partial charge < -0.3 is 9.84 Å². The molecule has 0 atom stereocenters. The van der Waals surface area contributed by atoms with Crippen LogP contribution in [-0.4, -0.2) is 20.8 Å². The number of aromatic nitrogens is 3. The Morgan fingerprint density at radius 3 is 2.78 bits per heavy atom. The fourth-order valence-electron chi connectivity index (χ4n) is 1.67. The van der Waals surface area contributed by atoms with Crippen LogP contribution in [0.5, 0.6) is 0 Å². The van der Waals surface area contributed by atoms with Crippen LogP contribution in [0.25, 0.3) is 0 Å². The van der Waals surface area contributed by atoms with Gasteiger partial charge in [-0.2, -0.15) is 5.10 Å². The van der Waals surface area contributed by atoms with E-state index in [0.717, 1.165) is 5.56 Å². The predicted molar refractivity (Wildman–Crippen MR) is 66.2 cm³/mol. The van der Waals surface area contributed by atoms with Crippen LogP contribution < -0.4 is 5.32 Å². The summed E-state index contributed by atoms with van der Waals surface area (Å²) in [5.74, 6) is 0.549. The molecular formula is C12H16N4O2. The normalized spacial score (nSPS) is 10.6. The molecule has 0 saturated heterocycles. The van der Waals surface area contributed by atoms with E-state index in [-0.39, 0.29) is 5.91 Å². The minimum Gasteiger partial charge on any atom is -0.359 e. The second kappa shape index (κ2) is 5.03. The van der Waals surface area contributed by atoms with Crippen molar-refractivity contribution in [3.05, 3.63) is 29.4 Å². The highest BCUT2D eigenvalue weighted by Gasteiger charge is 2.12. The molecule has 0 aliphatic heterocycles. The number of hydrogen-bond acceptors (Lipinski definition) is 4. The van der Waals surface area contributed by atoms with Crippen LogP contribution in [0.2, 0.25) is 0 Å². The summed E-state index contributed by atoms with van der Waals surface area (Å²) >= 11 is 0. The van der Waals surface area contributed by atoms with Crippen molar-refractivity contribution in [1.82, 2.24) is 14.9 Å². The van der Waals surface area contributed by atoms with Crippen molar-refractivity contribution in [2.45, 2.75) is 33.7 Å². The first kappa shape index (κ1) is 12.3. The third-order valence-corrected chi connectivity index (χ3v) is 2.63. The molecule has 6 nitrogen and oxygen atoms in total. The largest absolute Gasteiger partial charge is 0.359 e. The molecule has 0 bridgehead atoms. The van der Waals surface area contributed by atoms with Crippen LogP contribution in [0.3, 0.4) is 0 Å². The Bertz CT molecular complexity index is 537. The maximum Gasteiger partial charge on any atom is 0.226 e. The van der Waals surface area contributed by atoms with E-state index >= 15 is 0 Å². The van der Waals surface area contributed by atoms with Gasteiger partial charge in [0.15, 0.2) is 5.76 Å². The molecule has 0 unspecified atom stereocenters. The first-order chi connectivity index (χ1) is 8.56. The number of carbonyl (C=O) groups excluding carboxylic acids is 1. The number of nitrogens with one attached hydrogen (secondary N) is 1. The molecule has 0 spiro atoms. The van der Waals surface area contributed by atoms with E-state index in [1.807, 2.05) is 13.1 Å². The second-order valence-electron chi connectivity index (χ2n) is 4.28. The van der Waals surface area contributed by atoms with E-state index in [4.69, 9.17) is 4.52 Å². The van der Waals surface area contributed by atoms with Gasteiger partial charge in [-0.25, -0.2) is 0 Å². The summed E-state index contributed by atoms with van der Waals surface area (Å²) in [6, 6.07) is 0. The van der Waals surface area contributed by atoms with E-state index in [1.165, 1.54) is 0 Å². The Kier molecular flexibility index (Phi) is 3.45. The SMILES string of the molecule is Cc1cnn(CCC(=O)Nc2c(C)noc2C)c1. The van der Waals surface area contributed by atoms with Gasteiger partial charge in [-0.3, -0.25) is 9.48 Å². The Balaban J connectivity index is 1.89. The van der Waals surface area contributed by atoms with Gasteiger partial charge >= 0.3 is 0 Å². The summed E-state index contributed by atoms with van der Waals surface area (Å²) in [4.78, 5) is 11.8. The summed E-state index contributed by atoms with van der Waals surface area (Å²) in [5, 5.41) is 10.7. The minimum absolute atomic E-state index is 0.0717. The molecule has 1 amide bonds. The first-order valence-corrected chi connectivity index (χ1v) is 5.78. The summed E-state index contributed by atoms with van der Waals surface area (Å²) in [7, 11) is 0. The number of nitrogens with zero attached hydrogens (tertiary/aromatic N) is 3. The third-order valence-electron chi connectivity index (χ3n) is 2.63. The highest BCUT2D eigenvalue weighted by molar-refractivity contribution is 5.91. The van der Waals surface area contributed by atoms with Crippen molar-refractivity contribution in [3.8, 4) is 0 Å². The highest BCUT2D eigenvalue weighted by atomic mass is 16.5. The van der Waals surface area contributed by atoms with Crippen LogP contribution in [0.4, 0.5) is 5.69 Å². The number of amides is 1. The zero-order valence-corrected chi connectivity index (χ0v) is 10.7. The molecule has 2 aromatic heterocycles. The number of hydrogen-bond donors (Lipinski definition) is 1. The molecule has 2 rings (SSSR count). The maximum atomic E-state index is 11.8. The lowest BCUT2D eigenvalue weighted by Crippen LogP contribution is -2.15. The van der Waals surface area contributed by atoms with Gasteiger partial charge in [0.05, 0.1) is 6.20 Å². The summed E-state index contributed by atoms with van der Waals surface area (Å²) < 4.78 is 6.73. The minimum atomic E-state index is -0.0717. The van der Waals surface area contributed by atoms with Crippen molar-refractivity contribution < 1.29 is 9.32 Å². The molecule has 0 saturated carbocycles. The van der Waals surface area contributed by atoms with E-state index < -0.39 is 0 Å². The zero-order valence-electron chi connectivity index (χ0n) is 10.7. The third kappa shape index (κ3) is 2.77. The van der Waals surface area contributed by atoms with Crippen molar-refractivity contribution >= 4 is 11.6 Å². The van der Waals surface area contributed by atoms with Crippen molar-refractivity contribution in [1.29, 1.82) is 0 Å². The molecule has 0 aromatic carbocycles. The van der Waals surface area contributed by atoms with E-state index in [9.17, 15) is 4.79 Å². The molecule has 1 N–H and O–H groups in total. The maximum absolute atomic E-state index is 11.8. The zero-order chi connectivity index (χ0) is 13.1. The van der Waals surface area contributed by atoms with Crippen molar-refractivity contribution in [2.24, 2.45) is 0 Å². The lowest BCUT2D eigenvalue weighted by Gasteiger charge is -2.04. The molecule has 2 aromatic rings. The van der Waals surface area contributed by atoms with Crippen LogP contribution in [0.15, 0.2) is 16.9 Å². The quantitative estimate of drug-likeness (QED) is 0.895. The van der Waals surface area contributed by atoms with Crippen LogP contribution in [-0.2, 0) is 11.3 Å². The average Bonchev–Trinajstić information content (AvgIpc) is 2.87. The lowest BCUT2D eigenvalue weighted by atomic mass is 10.3. The standard InChI is InChI=1S/C12H16N4O2/c1-8-6-13-16(7-8)5-4-11(17)14-12-9(2)15-18-10(12)3/h6-7H,4-5H2,1-3H3,(H,14,17). The molecule has 0 radical (unpaired) electrons. The average molecular weight is 248 g/mol. The summed E-state index contributed by atoms with van der Waals surface area (Å²) in [6.45, 7) is 6.09. The van der Waals surface area contributed by atoms with Gasteiger partial charge in [0.1, 0.15) is 11.4 Å². The Hall–Kier alpha value is -2.11. The number of anilines is 1. The molecule has 18 heavy (non-hydrogen) atoms. The van der Waals surface area contributed by atoms with E-state index in [1.54, 1.807) is 24.7 Å². The van der Waals surface area contributed by atoms with E-state index in [2.05, 4.69) is 15.6 Å². The number of aryl methyl sites for hydroxylation is 4. The molecule has 0 fully saturated rings. The fourth-order valence-corrected chi connectivity index (χ4v) is 1.67. The molecule has 96 valence electrons. The summed E-state index contributed by atoms with van der Waals surface area (Å²) in [5.41, 5.74) is 2.44. The van der Waals surface area contributed by atoms with Gasteiger partial charge in [0.25, 0.3) is 0 Å². The van der Waals surface area contributed by atoms with Crippen molar-refractivity contribution in [2.75, 3.05) is 5.32 Å². The molecule has 0 aliphatic carbocycles. The fraction of sp³-hybridized carbons (Fsp3) is 0.417. The number of rotatable bonds is 4. The van der Waals surface area contributed by atoms with Crippen molar-refractivity contribution in [3.63, 3.8) is 0 Å². The van der Waals surface area contributed by atoms with Gasteiger partial charge in [-0.05, 0) is 26.3 Å². The van der Waals surface area contributed by atoms with Gasteiger partial charge in [0.2, 0.25) is 5.91 Å². The molecule has 6 heteroatoms. The molecule has 2 heterocycles. The Morgan fingerprint density at radius 2 is 2.22 bits per heavy atom. The van der Waals surface area contributed by atoms with Gasteiger partial charge in [0, 0.05) is 19.2 Å². The van der Waals surface area contributed by atoms with Gasteiger partial charge in [-0.15, -0.1) is 0 Å². The topological polar surface area (TPSA) is 73.0 Å². The van der Waals surface area contributed by atoms with Crippen LogP contribution >= 0.6 is 0 Å². The van der Waals surface area contributed by atoms with Crippen LogP contribution in [0.1, 0.15) is 23.4 Å². The predicted octanol–water partition coefficient (Wildman–Crippen LogP) is 1.83. The summed E-state index contributed by atoms with van der Waals surface area (Å²) in [6.07, 6.45) is 4.04. The number of carbonyl (C=O) groups is 1. The van der Waals surface area contributed by atoms with E-state index in [0.29, 0.717) is 30.1 Å². The second-order valence-corrected chi connectivity index (χ2v) is 4.28. The molecular weight excluding hydrogens is 232 g/mol. The lowest BCUT2D eigenvalue weighted by molar-refractivity contribution is -0.116. The van der Waals surface area contributed by atoms with Crippen LogP contribution in [0, 0.1) is 20.8 Å². The first-order valence-electron chi connectivity index (χ1n) is 5.78. The van der Waals surface area contributed by atoms with Gasteiger partial charge in [-0.1, -0.05) is 5.16 Å². The molecule has 0 aliphatic rings. The smallest absolute Gasteiger partial charge is 0.226 e. The highest BCUT2D eigenvalue weighted by Crippen LogP contribution is 2.18. The Morgan fingerprint density at radius 1 is 1.44 bits per heavy atom. The Labute approximate surface area is 105 Å².